The summed E-state index contributed by atoms with van der Waals surface area (Å²) in [6.45, 7) is 7.73. The third kappa shape index (κ3) is 7.11. The summed E-state index contributed by atoms with van der Waals surface area (Å²) in [6, 6.07) is 8.03. The SMILES string of the molecule is CCNC(=O)CN1CCN(CC(=O)NCc2cccc(COC)c2)CC1. The highest BCUT2D eigenvalue weighted by Crippen LogP contribution is 2.06. The molecule has 1 heterocycles. The number of likely N-dealkylation sites (N-methyl/N-ethyl adjacent to an activating group) is 1. The summed E-state index contributed by atoms with van der Waals surface area (Å²) in [7, 11) is 1.67. The summed E-state index contributed by atoms with van der Waals surface area (Å²) >= 11 is 0. The second-order valence-electron chi connectivity index (χ2n) is 6.54. The van der Waals surface area contributed by atoms with Gasteiger partial charge in [-0.05, 0) is 18.1 Å². The van der Waals surface area contributed by atoms with Gasteiger partial charge in [0.25, 0.3) is 0 Å². The number of rotatable bonds is 9. The molecule has 0 aromatic heterocycles. The predicted molar refractivity (Wildman–Crippen MR) is 101 cm³/mol. The van der Waals surface area contributed by atoms with E-state index in [1.54, 1.807) is 7.11 Å². The van der Waals surface area contributed by atoms with Crippen LogP contribution in [0.1, 0.15) is 18.1 Å². The van der Waals surface area contributed by atoms with Gasteiger partial charge in [-0.2, -0.15) is 0 Å². The molecule has 0 unspecified atom stereocenters. The second-order valence-corrected chi connectivity index (χ2v) is 6.54. The fraction of sp³-hybridized carbons (Fsp3) is 0.579. The molecule has 7 nitrogen and oxygen atoms in total. The van der Waals surface area contributed by atoms with Crippen molar-refractivity contribution in [1.29, 1.82) is 0 Å². The maximum absolute atomic E-state index is 12.2. The molecular formula is C19H30N4O3. The highest BCUT2D eigenvalue weighted by Gasteiger charge is 2.20. The Balaban J connectivity index is 1.67. The van der Waals surface area contributed by atoms with Gasteiger partial charge in [0.1, 0.15) is 0 Å². The van der Waals surface area contributed by atoms with Crippen LogP contribution in [0.25, 0.3) is 0 Å². The third-order valence-corrected chi connectivity index (χ3v) is 4.37. The first-order valence-electron chi connectivity index (χ1n) is 9.15. The lowest BCUT2D eigenvalue weighted by atomic mass is 10.1. The van der Waals surface area contributed by atoms with Crippen molar-refractivity contribution in [2.75, 3.05) is 52.9 Å². The average Bonchev–Trinajstić information content (AvgIpc) is 2.62. The van der Waals surface area contributed by atoms with Gasteiger partial charge in [-0.15, -0.1) is 0 Å². The Labute approximate surface area is 155 Å². The number of carbonyl (C=O) groups excluding carboxylic acids is 2. The van der Waals surface area contributed by atoms with Crippen LogP contribution in [0.3, 0.4) is 0 Å². The fourth-order valence-electron chi connectivity index (χ4n) is 3.02. The summed E-state index contributed by atoms with van der Waals surface area (Å²) in [6.07, 6.45) is 0. The minimum Gasteiger partial charge on any atom is -0.380 e. The van der Waals surface area contributed by atoms with E-state index in [0.717, 1.165) is 37.3 Å². The van der Waals surface area contributed by atoms with Gasteiger partial charge in [-0.25, -0.2) is 0 Å². The zero-order valence-electron chi connectivity index (χ0n) is 15.8. The molecule has 0 saturated carbocycles. The first kappa shape index (κ1) is 20.4. The highest BCUT2D eigenvalue weighted by atomic mass is 16.5. The normalized spacial score (nSPS) is 15.6. The Hall–Kier alpha value is -1.96. The van der Waals surface area contributed by atoms with Gasteiger partial charge >= 0.3 is 0 Å². The molecule has 26 heavy (non-hydrogen) atoms. The van der Waals surface area contributed by atoms with E-state index in [1.807, 2.05) is 31.2 Å². The lowest BCUT2D eigenvalue weighted by molar-refractivity contribution is -0.125. The van der Waals surface area contributed by atoms with Gasteiger partial charge in [-0.1, -0.05) is 24.3 Å². The number of hydrogen-bond acceptors (Lipinski definition) is 5. The molecule has 144 valence electrons. The van der Waals surface area contributed by atoms with Gasteiger partial charge in [-0.3, -0.25) is 19.4 Å². The molecular weight excluding hydrogens is 332 g/mol. The van der Waals surface area contributed by atoms with E-state index in [-0.39, 0.29) is 11.8 Å². The molecule has 1 aromatic carbocycles. The van der Waals surface area contributed by atoms with E-state index in [1.165, 1.54) is 0 Å². The van der Waals surface area contributed by atoms with E-state index in [4.69, 9.17) is 4.74 Å². The van der Waals surface area contributed by atoms with Crippen LogP contribution in [0.4, 0.5) is 0 Å². The van der Waals surface area contributed by atoms with Crippen molar-refractivity contribution in [3.63, 3.8) is 0 Å². The van der Waals surface area contributed by atoms with Crippen LogP contribution in [0.5, 0.6) is 0 Å². The van der Waals surface area contributed by atoms with Crippen LogP contribution in [0, 0.1) is 0 Å². The van der Waals surface area contributed by atoms with Crippen molar-refractivity contribution in [3.8, 4) is 0 Å². The summed E-state index contributed by atoms with van der Waals surface area (Å²) in [5, 5.41) is 5.79. The maximum Gasteiger partial charge on any atom is 0.234 e. The zero-order chi connectivity index (χ0) is 18.8. The van der Waals surface area contributed by atoms with E-state index in [9.17, 15) is 9.59 Å². The standard InChI is InChI=1S/C19H30N4O3/c1-3-20-18(24)13-22-7-9-23(10-8-22)14-19(25)21-12-16-5-4-6-17(11-16)15-26-2/h4-6,11H,3,7-10,12-15H2,1-2H3,(H,20,24)(H,21,25). The molecule has 1 fully saturated rings. The first-order chi connectivity index (χ1) is 12.6. The molecule has 0 radical (unpaired) electrons. The summed E-state index contributed by atoms with van der Waals surface area (Å²) < 4.78 is 5.13. The summed E-state index contributed by atoms with van der Waals surface area (Å²) in [4.78, 5) is 28.1. The topological polar surface area (TPSA) is 73.9 Å². The number of nitrogens with zero attached hydrogens (tertiary/aromatic N) is 2. The average molecular weight is 362 g/mol. The molecule has 0 atom stereocenters. The minimum absolute atomic E-state index is 0.0271. The highest BCUT2D eigenvalue weighted by molar-refractivity contribution is 5.78. The molecule has 0 bridgehead atoms. The van der Waals surface area contributed by atoms with Crippen LogP contribution in [-0.4, -0.2) is 74.5 Å². The van der Waals surface area contributed by atoms with E-state index >= 15 is 0 Å². The van der Waals surface area contributed by atoms with Gasteiger partial charge in [0.15, 0.2) is 0 Å². The smallest absolute Gasteiger partial charge is 0.234 e. The number of nitrogens with one attached hydrogen (secondary N) is 2. The lowest BCUT2D eigenvalue weighted by Crippen LogP contribution is -2.51. The number of ether oxygens (including phenoxy) is 1. The van der Waals surface area contributed by atoms with Crippen LogP contribution >= 0.6 is 0 Å². The van der Waals surface area contributed by atoms with Crippen LogP contribution in [0.15, 0.2) is 24.3 Å². The van der Waals surface area contributed by atoms with Crippen molar-refractivity contribution >= 4 is 11.8 Å². The Morgan fingerprint density at radius 2 is 1.58 bits per heavy atom. The van der Waals surface area contributed by atoms with Crippen molar-refractivity contribution in [3.05, 3.63) is 35.4 Å². The van der Waals surface area contributed by atoms with E-state index in [0.29, 0.717) is 32.8 Å². The first-order valence-corrected chi connectivity index (χ1v) is 9.15. The summed E-state index contributed by atoms with van der Waals surface area (Å²) in [5.74, 6) is 0.0914. The molecule has 0 spiro atoms. The number of amides is 2. The molecule has 2 rings (SSSR count). The van der Waals surface area contributed by atoms with Crippen molar-refractivity contribution < 1.29 is 14.3 Å². The molecule has 2 N–H and O–H groups in total. The number of piperazine rings is 1. The predicted octanol–water partition coefficient (Wildman–Crippen LogP) is 0.203. The number of benzene rings is 1. The van der Waals surface area contributed by atoms with E-state index < -0.39 is 0 Å². The Bertz CT molecular complexity index is 586. The molecule has 1 aliphatic rings. The molecule has 1 aliphatic heterocycles. The summed E-state index contributed by atoms with van der Waals surface area (Å²) in [5.41, 5.74) is 2.17. The van der Waals surface area contributed by atoms with Gasteiger partial charge < -0.3 is 15.4 Å². The van der Waals surface area contributed by atoms with E-state index in [2.05, 4.69) is 20.4 Å². The Kier molecular flexibility index (Phi) is 8.53. The monoisotopic (exact) mass is 362 g/mol. The number of methoxy groups -OCH3 is 1. The largest absolute Gasteiger partial charge is 0.380 e. The zero-order valence-corrected chi connectivity index (χ0v) is 15.8. The Morgan fingerprint density at radius 3 is 2.15 bits per heavy atom. The quantitative estimate of drug-likeness (QED) is 0.657. The number of hydrogen-bond donors (Lipinski definition) is 2. The van der Waals surface area contributed by atoms with Gasteiger partial charge in [0.2, 0.25) is 11.8 Å². The van der Waals surface area contributed by atoms with Crippen LogP contribution in [0.2, 0.25) is 0 Å². The third-order valence-electron chi connectivity index (χ3n) is 4.37. The van der Waals surface area contributed by atoms with Crippen molar-refractivity contribution in [2.24, 2.45) is 0 Å². The minimum atomic E-state index is 0.0271. The molecule has 1 aromatic rings. The molecule has 1 saturated heterocycles. The number of carbonyl (C=O) groups is 2. The van der Waals surface area contributed by atoms with Gasteiger partial charge in [0, 0.05) is 46.4 Å². The van der Waals surface area contributed by atoms with Crippen LogP contribution < -0.4 is 10.6 Å². The fourth-order valence-corrected chi connectivity index (χ4v) is 3.02. The lowest BCUT2D eigenvalue weighted by Gasteiger charge is -2.33. The van der Waals surface area contributed by atoms with Crippen molar-refractivity contribution in [1.82, 2.24) is 20.4 Å². The molecule has 7 heteroatoms. The van der Waals surface area contributed by atoms with Crippen molar-refractivity contribution in [2.45, 2.75) is 20.1 Å². The Morgan fingerprint density at radius 1 is 1.00 bits per heavy atom. The maximum atomic E-state index is 12.2. The molecule has 0 aliphatic carbocycles. The van der Waals surface area contributed by atoms with Crippen LogP contribution in [-0.2, 0) is 27.5 Å². The van der Waals surface area contributed by atoms with Gasteiger partial charge in [0.05, 0.1) is 19.7 Å². The molecule has 2 amide bonds. The second kappa shape index (κ2) is 10.9.